The number of hydrogen-bond acceptors (Lipinski definition) is 6. The second-order valence-corrected chi connectivity index (χ2v) is 6.81. The third-order valence-electron chi connectivity index (χ3n) is 4.03. The van der Waals surface area contributed by atoms with Gasteiger partial charge in [0.15, 0.2) is 29.7 Å². The van der Waals surface area contributed by atoms with Crippen LogP contribution in [0.5, 0.6) is 11.5 Å². The number of halogens is 2. The molecule has 2 aromatic rings. The molecule has 0 atom stereocenters. The molecule has 3 rings (SSSR count). The van der Waals surface area contributed by atoms with E-state index in [9.17, 15) is 14.4 Å². The molecule has 0 bridgehead atoms. The summed E-state index contributed by atoms with van der Waals surface area (Å²) in [4.78, 5) is 36.2. The lowest BCUT2D eigenvalue weighted by Gasteiger charge is -2.18. The van der Waals surface area contributed by atoms with Gasteiger partial charge >= 0.3 is 5.97 Å². The number of rotatable bonds is 7. The highest BCUT2D eigenvalue weighted by molar-refractivity contribution is 6.42. The molecular formula is C20H16Cl2O6. The van der Waals surface area contributed by atoms with E-state index in [0.717, 1.165) is 0 Å². The first-order valence-electron chi connectivity index (χ1n) is 8.51. The summed E-state index contributed by atoms with van der Waals surface area (Å²) in [6, 6.07) is 9.27. The molecule has 6 nitrogen and oxygen atoms in total. The Balaban J connectivity index is 1.48. The predicted octanol–water partition coefficient (Wildman–Crippen LogP) is 4.15. The van der Waals surface area contributed by atoms with Crippen LogP contribution in [0.4, 0.5) is 0 Å². The van der Waals surface area contributed by atoms with E-state index in [4.69, 9.17) is 37.4 Å². The quantitative estimate of drug-likeness (QED) is 0.492. The summed E-state index contributed by atoms with van der Waals surface area (Å²) in [5, 5.41) is 0.566. The van der Waals surface area contributed by atoms with Gasteiger partial charge in [-0.2, -0.15) is 0 Å². The number of carbonyl (C=O) groups is 3. The zero-order valence-electron chi connectivity index (χ0n) is 14.7. The molecule has 0 saturated carbocycles. The van der Waals surface area contributed by atoms with E-state index in [1.54, 1.807) is 18.2 Å². The van der Waals surface area contributed by atoms with Crippen molar-refractivity contribution < 1.29 is 28.6 Å². The Morgan fingerprint density at radius 2 is 1.50 bits per heavy atom. The van der Waals surface area contributed by atoms with Gasteiger partial charge in [-0.15, -0.1) is 0 Å². The lowest BCUT2D eigenvalue weighted by Crippen LogP contribution is -2.16. The van der Waals surface area contributed by atoms with Crippen LogP contribution in [0.15, 0.2) is 36.4 Å². The first kappa shape index (κ1) is 20.2. The van der Waals surface area contributed by atoms with E-state index in [-0.39, 0.29) is 29.2 Å². The fourth-order valence-electron chi connectivity index (χ4n) is 2.55. The van der Waals surface area contributed by atoms with Crippen molar-refractivity contribution in [3.05, 3.63) is 57.6 Å². The molecule has 0 unspecified atom stereocenters. The van der Waals surface area contributed by atoms with Crippen molar-refractivity contribution in [1.82, 2.24) is 0 Å². The van der Waals surface area contributed by atoms with E-state index in [2.05, 4.69) is 0 Å². The van der Waals surface area contributed by atoms with Crippen molar-refractivity contribution >= 4 is 40.7 Å². The Bertz CT molecular complexity index is 925. The van der Waals surface area contributed by atoms with Crippen LogP contribution >= 0.6 is 23.2 Å². The number of esters is 1. The summed E-state index contributed by atoms with van der Waals surface area (Å²) < 4.78 is 15.8. The Morgan fingerprint density at radius 1 is 0.821 bits per heavy atom. The van der Waals surface area contributed by atoms with Crippen molar-refractivity contribution in [3.63, 3.8) is 0 Å². The van der Waals surface area contributed by atoms with Gasteiger partial charge in [-0.05, 0) is 36.4 Å². The van der Waals surface area contributed by atoms with Crippen molar-refractivity contribution in [2.45, 2.75) is 12.8 Å². The van der Waals surface area contributed by atoms with Crippen LogP contribution in [0, 0.1) is 0 Å². The van der Waals surface area contributed by atoms with Crippen molar-refractivity contribution in [2.24, 2.45) is 0 Å². The number of Topliss-reactive ketones (excluding diaryl/α,β-unsaturated/α-hetero) is 2. The molecule has 1 aliphatic rings. The summed E-state index contributed by atoms with van der Waals surface area (Å²) in [7, 11) is 0. The van der Waals surface area contributed by atoms with E-state index < -0.39 is 18.4 Å². The Kier molecular flexibility index (Phi) is 6.54. The number of fused-ring (bicyclic) bond motifs is 1. The van der Waals surface area contributed by atoms with E-state index >= 15 is 0 Å². The molecule has 0 spiro atoms. The minimum absolute atomic E-state index is 0.0422. The Hall–Kier alpha value is -2.57. The maximum Gasteiger partial charge on any atom is 0.306 e. The zero-order chi connectivity index (χ0) is 20.1. The van der Waals surface area contributed by atoms with Gasteiger partial charge in [0.25, 0.3) is 0 Å². The molecule has 0 aliphatic carbocycles. The SMILES string of the molecule is O=C(CCC(=O)c1ccc2c(c1)OCCO2)OCC(=O)c1ccc(Cl)c(Cl)c1. The minimum atomic E-state index is -0.640. The van der Waals surface area contributed by atoms with Crippen molar-refractivity contribution in [2.75, 3.05) is 19.8 Å². The lowest BCUT2D eigenvalue weighted by molar-refractivity contribution is -0.142. The highest BCUT2D eigenvalue weighted by Crippen LogP contribution is 2.31. The van der Waals surface area contributed by atoms with E-state index in [1.807, 2.05) is 0 Å². The second kappa shape index (κ2) is 9.08. The summed E-state index contributed by atoms with van der Waals surface area (Å²) in [6.45, 7) is 0.450. The maximum absolute atomic E-state index is 12.3. The smallest absolute Gasteiger partial charge is 0.306 e. The lowest BCUT2D eigenvalue weighted by atomic mass is 10.1. The molecule has 0 amide bonds. The molecule has 0 saturated heterocycles. The van der Waals surface area contributed by atoms with Gasteiger partial charge in [-0.1, -0.05) is 23.2 Å². The molecule has 28 heavy (non-hydrogen) atoms. The highest BCUT2D eigenvalue weighted by atomic mass is 35.5. The predicted molar refractivity (Wildman–Crippen MR) is 103 cm³/mol. The van der Waals surface area contributed by atoms with E-state index in [1.165, 1.54) is 18.2 Å². The summed E-state index contributed by atoms with van der Waals surface area (Å²) in [5.74, 6) is -0.191. The fraction of sp³-hybridized carbons (Fsp3) is 0.250. The average molecular weight is 423 g/mol. The summed E-state index contributed by atoms with van der Waals surface area (Å²) in [6.07, 6.45) is -0.179. The monoisotopic (exact) mass is 422 g/mol. The van der Waals surface area contributed by atoms with Crippen LogP contribution in [0.2, 0.25) is 10.0 Å². The third-order valence-corrected chi connectivity index (χ3v) is 4.77. The number of ketones is 2. The summed E-state index contributed by atoms with van der Waals surface area (Å²) >= 11 is 11.7. The van der Waals surface area contributed by atoms with Gasteiger partial charge in [-0.25, -0.2) is 0 Å². The molecular weight excluding hydrogens is 407 g/mol. The third kappa shape index (κ3) is 5.03. The number of benzene rings is 2. The highest BCUT2D eigenvalue weighted by Gasteiger charge is 2.17. The number of carbonyl (C=O) groups excluding carboxylic acids is 3. The van der Waals surface area contributed by atoms with Crippen molar-refractivity contribution in [1.29, 1.82) is 0 Å². The van der Waals surface area contributed by atoms with Crippen LogP contribution in [0.1, 0.15) is 33.6 Å². The minimum Gasteiger partial charge on any atom is -0.486 e. The molecule has 0 fully saturated rings. The largest absolute Gasteiger partial charge is 0.486 e. The van der Waals surface area contributed by atoms with Crippen LogP contribution in [0.3, 0.4) is 0 Å². The maximum atomic E-state index is 12.3. The second-order valence-electron chi connectivity index (χ2n) is 5.99. The topological polar surface area (TPSA) is 78.9 Å². The molecule has 0 radical (unpaired) electrons. The average Bonchev–Trinajstić information content (AvgIpc) is 2.71. The number of hydrogen-bond donors (Lipinski definition) is 0. The Labute approximate surface area is 171 Å². The summed E-state index contributed by atoms with van der Waals surface area (Å²) in [5.41, 5.74) is 0.707. The van der Waals surface area contributed by atoms with Gasteiger partial charge < -0.3 is 14.2 Å². The molecule has 0 N–H and O–H groups in total. The van der Waals surface area contributed by atoms with Gasteiger partial charge in [0.05, 0.1) is 16.5 Å². The molecule has 1 aliphatic heterocycles. The van der Waals surface area contributed by atoms with Crippen molar-refractivity contribution in [3.8, 4) is 11.5 Å². The molecule has 1 heterocycles. The molecule has 146 valence electrons. The van der Waals surface area contributed by atoms with Crippen LogP contribution in [-0.4, -0.2) is 37.4 Å². The van der Waals surface area contributed by atoms with Crippen LogP contribution in [0.25, 0.3) is 0 Å². The van der Waals surface area contributed by atoms with Gasteiger partial charge in [0.1, 0.15) is 13.2 Å². The fourth-order valence-corrected chi connectivity index (χ4v) is 2.85. The first-order valence-corrected chi connectivity index (χ1v) is 9.26. The standard InChI is InChI=1S/C20H16Cl2O6/c21-14-3-1-12(9-15(14)22)17(24)11-28-20(25)6-4-16(23)13-2-5-18-19(10-13)27-8-7-26-18/h1-3,5,9-10H,4,6-8,11H2. The molecule has 0 aromatic heterocycles. The molecule has 2 aromatic carbocycles. The molecule has 8 heteroatoms. The Morgan fingerprint density at radius 3 is 2.25 bits per heavy atom. The zero-order valence-corrected chi connectivity index (χ0v) is 16.2. The number of ether oxygens (including phenoxy) is 3. The van der Waals surface area contributed by atoms with Crippen LogP contribution in [-0.2, 0) is 9.53 Å². The van der Waals surface area contributed by atoms with Gasteiger partial charge in [0.2, 0.25) is 0 Å². The van der Waals surface area contributed by atoms with E-state index in [0.29, 0.717) is 35.3 Å². The van der Waals surface area contributed by atoms with Crippen LogP contribution < -0.4 is 9.47 Å². The van der Waals surface area contributed by atoms with Gasteiger partial charge in [-0.3, -0.25) is 14.4 Å². The first-order chi connectivity index (χ1) is 13.4. The normalized spacial score (nSPS) is 12.4. The van der Waals surface area contributed by atoms with Gasteiger partial charge in [0, 0.05) is 17.5 Å².